The molecule has 0 saturated heterocycles. The number of amides is 1. The number of halogens is 1. The van der Waals surface area contributed by atoms with Gasteiger partial charge in [-0.2, -0.15) is 5.10 Å². The summed E-state index contributed by atoms with van der Waals surface area (Å²) < 4.78 is 11.1. The van der Waals surface area contributed by atoms with Gasteiger partial charge in [0.2, 0.25) is 0 Å². The molecule has 6 heteroatoms. The molecule has 28 heavy (non-hydrogen) atoms. The van der Waals surface area contributed by atoms with Crippen LogP contribution in [-0.2, 0) is 11.4 Å². The molecule has 0 aliphatic rings. The first-order valence-electron chi connectivity index (χ1n) is 8.66. The smallest absolute Gasteiger partial charge is 0.277 e. The van der Waals surface area contributed by atoms with Crippen LogP contribution < -0.4 is 14.9 Å². The van der Waals surface area contributed by atoms with E-state index in [9.17, 15) is 4.79 Å². The third kappa shape index (κ3) is 6.45. The summed E-state index contributed by atoms with van der Waals surface area (Å²) in [6.07, 6.45) is 1.55. The summed E-state index contributed by atoms with van der Waals surface area (Å²) >= 11 is 5.87. The average Bonchev–Trinajstić information content (AvgIpc) is 2.72. The van der Waals surface area contributed by atoms with Gasteiger partial charge >= 0.3 is 0 Å². The number of carbonyl (C=O) groups is 1. The van der Waals surface area contributed by atoms with Crippen LogP contribution in [0.2, 0.25) is 5.02 Å². The van der Waals surface area contributed by atoms with Gasteiger partial charge in [-0.05, 0) is 41.5 Å². The summed E-state index contributed by atoms with van der Waals surface area (Å²) in [7, 11) is 0. The van der Waals surface area contributed by atoms with Gasteiger partial charge in [0.1, 0.15) is 18.1 Å². The van der Waals surface area contributed by atoms with Gasteiger partial charge in [-0.3, -0.25) is 4.79 Å². The Morgan fingerprint density at radius 1 is 0.929 bits per heavy atom. The van der Waals surface area contributed by atoms with E-state index in [-0.39, 0.29) is 12.5 Å². The summed E-state index contributed by atoms with van der Waals surface area (Å²) in [6.45, 7) is 0.330. The van der Waals surface area contributed by atoms with Crippen LogP contribution in [0.1, 0.15) is 11.1 Å². The number of hydrogen-bond acceptors (Lipinski definition) is 4. The maximum atomic E-state index is 11.8. The van der Waals surface area contributed by atoms with E-state index < -0.39 is 0 Å². The standard InChI is InChI=1S/C22H19ClN2O3/c23-19-9-5-11-21(13-19)28-16-22(26)25-24-14-18-8-4-10-20(12-18)27-15-17-6-2-1-3-7-17/h1-14H,15-16H2,(H,25,26). The van der Waals surface area contributed by atoms with Crippen molar-refractivity contribution < 1.29 is 14.3 Å². The average molecular weight is 395 g/mol. The zero-order valence-corrected chi connectivity index (χ0v) is 15.8. The molecule has 0 bridgehead atoms. The molecule has 1 N–H and O–H groups in total. The molecule has 5 nitrogen and oxygen atoms in total. The second kappa shape index (κ2) is 10.1. The van der Waals surface area contributed by atoms with Crippen molar-refractivity contribution in [1.82, 2.24) is 5.43 Å². The Hall–Kier alpha value is -3.31. The van der Waals surface area contributed by atoms with Gasteiger partial charge in [-0.15, -0.1) is 0 Å². The maximum Gasteiger partial charge on any atom is 0.277 e. The minimum Gasteiger partial charge on any atom is -0.489 e. The highest BCUT2D eigenvalue weighted by Gasteiger charge is 2.02. The van der Waals surface area contributed by atoms with Crippen LogP contribution in [0, 0.1) is 0 Å². The lowest BCUT2D eigenvalue weighted by molar-refractivity contribution is -0.123. The van der Waals surface area contributed by atoms with Crippen molar-refractivity contribution in [2.45, 2.75) is 6.61 Å². The second-order valence-corrected chi connectivity index (χ2v) is 6.32. The van der Waals surface area contributed by atoms with E-state index in [0.29, 0.717) is 17.4 Å². The predicted molar refractivity (Wildman–Crippen MR) is 110 cm³/mol. The largest absolute Gasteiger partial charge is 0.489 e. The van der Waals surface area contributed by atoms with E-state index in [0.717, 1.165) is 16.9 Å². The topological polar surface area (TPSA) is 59.9 Å². The lowest BCUT2D eigenvalue weighted by Gasteiger charge is -2.07. The highest BCUT2D eigenvalue weighted by atomic mass is 35.5. The third-order valence-corrected chi connectivity index (χ3v) is 3.91. The zero-order valence-electron chi connectivity index (χ0n) is 15.0. The molecule has 0 aliphatic heterocycles. The highest BCUT2D eigenvalue weighted by molar-refractivity contribution is 6.30. The monoisotopic (exact) mass is 394 g/mol. The van der Waals surface area contributed by atoms with E-state index in [1.165, 1.54) is 0 Å². The van der Waals surface area contributed by atoms with E-state index in [1.54, 1.807) is 30.5 Å². The highest BCUT2D eigenvalue weighted by Crippen LogP contribution is 2.17. The van der Waals surface area contributed by atoms with Crippen LogP contribution in [0.25, 0.3) is 0 Å². The molecule has 3 aromatic rings. The van der Waals surface area contributed by atoms with E-state index in [2.05, 4.69) is 10.5 Å². The summed E-state index contributed by atoms with van der Waals surface area (Å²) in [4.78, 5) is 11.8. The molecule has 3 aromatic carbocycles. The molecular formula is C22H19ClN2O3. The molecule has 0 heterocycles. The van der Waals surface area contributed by atoms with Gasteiger partial charge in [-0.1, -0.05) is 60.1 Å². The van der Waals surface area contributed by atoms with E-state index >= 15 is 0 Å². The fourth-order valence-corrected chi connectivity index (χ4v) is 2.52. The molecular weight excluding hydrogens is 376 g/mol. The Bertz CT molecular complexity index is 945. The molecule has 0 fully saturated rings. The molecule has 142 valence electrons. The Morgan fingerprint density at radius 3 is 2.46 bits per heavy atom. The number of ether oxygens (including phenoxy) is 2. The van der Waals surface area contributed by atoms with Crippen LogP contribution in [0.5, 0.6) is 11.5 Å². The fourth-order valence-electron chi connectivity index (χ4n) is 2.34. The second-order valence-electron chi connectivity index (χ2n) is 5.89. The first-order chi connectivity index (χ1) is 13.7. The van der Waals surface area contributed by atoms with E-state index in [1.807, 2.05) is 54.6 Å². The van der Waals surface area contributed by atoms with E-state index in [4.69, 9.17) is 21.1 Å². The Morgan fingerprint density at radius 2 is 1.68 bits per heavy atom. The quantitative estimate of drug-likeness (QED) is 0.453. The van der Waals surface area contributed by atoms with Gasteiger partial charge in [0.05, 0.1) is 6.21 Å². The number of benzene rings is 3. The summed E-state index contributed by atoms with van der Waals surface area (Å²) in [5.41, 5.74) is 4.32. The number of carbonyl (C=O) groups excluding carboxylic acids is 1. The molecule has 0 aliphatic carbocycles. The minimum absolute atomic E-state index is 0.155. The first-order valence-corrected chi connectivity index (χ1v) is 9.04. The van der Waals surface area contributed by atoms with Crippen molar-refractivity contribution in [3.05, 3.63) is 95.0 Å². The van der Waals surface area contributed by atoms with Crippen LogP contribution in [0.3, 0.4) is 0 Å². The molecule has 0 atom stereocenters. The predicted octanol–water partition coefficient (Wildman–Crippen LogP) is 4.45. The van der Waals surface area contributed by atoms with Crippen LogP contribution in [0.15, 0.2) is 84.0 Å². The van der Waals surface area contributed by atoms with Crippen molar-refractivity contribution in [3.63, 3.8) is 0 Å². The van der Waals surface area contributed by atoms with Crippen LogP contribution >= 0.6 is 11.6 Å². The molecule has 0 aromatic heterocycles. The molecule has 0 unspecified atom stereocenters. The van der Waals surface area contributed by atoms with Gasteiger partial charge in [0.15, 0.2) is 6.61 Å². The fraction of sp³-hybridized carbons (Fsp3) is 0.0909. The Balaban J connectivity index is 1.46. The Labute approximate surface area is 168 Å². The van der Waals surface area contributed by atoms with Crippen molar-refractivity contribution in [3.8, 4) is 11.5 Å². The molecule has 3 rings (SSSR count). The number of nitrogens with one attached hydrogen (secondary N) is 1. The van der Waals surface area contributed by atoms with Crippen molar-refractivity contribution >= 4 is 23.7 Å². The van der Waals surface area contributed by atoms with Gasteiger partial charge in [0, 0.05) is 5.02 Å². The van der Waals surface area contributed by atoms with Gasteiger partial charge in [0.25, 0.3) is 5.91 Å². The first kappa shape index (κ1) is 19.5. The minimum atomic E-state index is -0.368. The van der Waals surface area contributed by atoms with Crippen molar-refractivity contribution in [2.75, 3.05) is 6.61 Å². The zero-order chi connectivity index (χ0) is 19.6. The van der Waals surface area contributed by atoms with Crippen molar-refractivity contribution in [2.24, 2.45) is 5.10 Å². The molecule has 0 spiro atoms. The summed E-state index contributed by atoms with van der Waals surface area (Å²) in [6, 6.07) is 24.2. The summed E-state index contributed by atoms with van der Waals surface area (Å²) in [5, 5.41) is 4.49. The van der Waals surface area contributed by atoms with Gasteiger partial charge in [-0.25, -0.2) is 5.43 Å². The summed E-state index contributed by atoms with van der Waals surface area (Å²) in [5.74, 6) is 0.881. The van der Waals surface area contributed by atoms with Crippen LogP contribution in [-0.4, -0.2) is 18.7 Å². The number of rotatable bonds is 8. The lowest BCUT2D eigenvalue weighted by atomic mass is 10.2. The van der Waals surface area contributed by atoms with Gasteiger partial charge < -0.3 is 9.47 Å². The molecule has 1 amide bonds. The number of nitrogens with zero attached hydrogens (tertiary/aromatic N) is 1. The molecule has 0 radical (unpaired) electrons. The maximum absolute atomic E-state index is 11.8. The number of hydrogen-bond donors (Lipinski definition) is 1. The van der Waals surface area contributed by atoms with Crippen molar-refractivity contribution in [1.29, 1.82) is 0 Å². The normalized spacial score (nSPS) is 10.6. The lowest BCUT2D eigenvalue weighted by Crippen LogP contribution is -2.24. The van der Waals surface area contributed by atoms with Crippen LogP contribution in [0.4, 0.5) is 0 Å². The SMILES string of the molecule is O=C(COc1cccc(Cl)c1)NN=Cc1cccc(OCc2ccccc2)c1. The number of hydrazone groups is 1. The Kier molecular flexibility index (Phi) is 7.04. The molecule has 0 saturated carbocycles. The third-order valence-electron chi connectivity index (χ3n) is 3.68.